The summed E-state index contributed by atoms with van der Waals surface area (Å²) in [5.74, 6) is 0.387. The number of hydrogen-bond donors (Lipinski definition) is 0. The molecule has 0 heterocycles. The SMILES string of the molecule is CCCCC[C@H]1C(=O)CC[C@@H]1/C=C/C(=O)OC. The highest BCUT2D eigenvalue weighted by atomic mass is 16.5. The van der Waals surface area contributed by atoms with Crippen molar-refractivity contribution in [3.8, 4) is 0 Å². The molecule has 0 amide bonds. The second kappa shape index (κ2) is 7.25. The molecule has 0 bridgehead atoms. The first-order chi connectivity index (χ1) is 8.19. The van der Waals surface area contributed by atoms with Crippen LogP contribution in [-0.2, 0) is 14.3 Å². The molecule has 0 radical (unpaired) electrons. The third kappa shape index (κ3) is 4.33. The number of esters is 1. The van der Waals surface area contributed by atoms with Crippen LogP contribution in [0.5, 0.6) is 0 Å². The van der Waals surface area contributed by atoms with Gasteiger partial charge in [-0.2, -0.15) is 0 Å². The summed E-state index contributed by atoms with van der Waals surface area (Å²) in [6, 6.07) is 0. The Balaban J connectivity index is 2.49. The Bertz CT molecular complexity index is 294. The molecule has 0 spiro atoms. The summed E-state index contributed by atoms with van der Waals surface area (Å²) in [6.07, 6.45) is 9.26. The van der Waals surface area contributed by atoms with E-state index in [9.17, 15) is 9.59 Å². The molecule has 0 aromatic rings. The van der Waals surface area contributed by atoms with Gasteiger partial charge in [-0.05, 0) is 18.8 Å². The zero-order valence-electron chi connectivity index (χ0n) is 10.8. The van der Waals surface area contributed by atoms with Crippen molar-refractivity contribution in [3.63, 3.8) is 0 Å². The lowest BCUT2D eigenvalue weighted by Gasteiger charge is -2.14. The molecular weight excluding hydrogens is 216 g/mol. The summed E-state index contributed by atoms with van der Waals surface area (Å²) in [4.78, 5) is 22.8. The fourth-order valence-electron chi connectivity index (χ4n) is 2.42. The molecule has 1 aliphatic rings. The van der Waals surface area contributed by atoms with Crippen molar-refractivity contribution in [3.05, 3.63) is 12.2 Å². The van der Waals surface area contributed by atoms with Crippen LogP contribution in [0.15, 0.2) is 12.2 Å². The number of Topliss-reactive ketones (excluding diaryl/α,β-unsaturated/α-hetero) is 1. The Morgan fingerprint density at radius 1 is 1.47 bits per heavy atom. The van der Waals surface area contributed by atoms with Gasteiger partial charge in [0.05, 0.1) is 7.11 Å². The van der Waals surface area contributed by atoms with E-state index in [0.717, 1.165) is 19.3 Å². The molecule has 0 N–H and O–H groups in total. The van der Waals surface area contributed by atoms with Crippen LogP contribution in [0.1, 0.15) is 45.4 Å². The first-order valence-electron chi connectivity index (χ1n) is 6.48. The van der Waals surface area contributed by atoms with Crippen molar-refractivity contribution in [1.82, 2.24) is 0 Å². The van der Waals surface area contributed by atoms with Gasteiger partial charge in [0.25, 0.3) is 0 Å². The smallest absolute Gasteiger partial charge is 0.330 e. The Hall–Kier alpha value is -1.12. The van der Waals surface area contributed by atoms with Crippen molar-refractivity contribution in [1.29, 1.82) is 0 Å². The summed E-state index contributed by atoms with van der Waals surface area (Å²) in [6.45, 7) is 2.16. The van der Waals surface area contributed by atoms with Crippen molar-refractivity contribution >= 4 is 11.8 Å². The molecule has 1 saturated carbocycles. The third-order valence-electron chi connectivity index (χ3n) is 3.45. The molecule has 17 heavy (non-hydrogen) atoms. The van der Waals surface area contributed by atoms with E-state index in [1.54, 1.807) is 0 Å². The van der Waals surface area contributed by atoms with E-state index < -0.39 is 0 Å². The molecule has 1 aliphatic carbocycles. The van der Waals surface area contributed by atoms with E-state index in [2.05, 4.69) is 11.7 Å². The van der Waals surface area contributed by atoms with Gasteiger partial charge < -0.3 is 4.74 Å². The number of methoxy groups -OCH3 is 1. The van der Waals surface area contributed by atoms with Crippen LogP contribution in [0.4, 0.5) is 0 Å². The maximum Gasteiger partial charge on any atom is 0.330 e. The van der Waals surface area contributed by atoms with E-state index >= 15 is 0 Å². The predicted molar refractivity (Wildman–Crippen MR) is 66.5 cm³/mol. The van der Waals surface area contributed by atoms with Gasteiger partial charge in [-0.3, -0.25) is 4.79 Å². The Morgan fingerprint density at radius 3 is 2.88 bits per heavy atom. The molecular formula is C14H22O3. The molecule has 1 fully saturated rings. The predicted octanol–water partition coefficient (Wildman–Crippen LogP) is 2.89. The molecule has 96 valence electrons. The maximum atomic E-state index is 11.7. The molecule has 3 nitrogen and oxygen atoms in total. The van der Waals surface area contributed by atoms with E-state index in [-0.39, 0.29) is 17.8 Å². The fraction of sp³-hybridized carbons (Fsp3) is 0.714. The number of rotatable bonds is 6. The Labute approximate surface area is 103 Å². The number of carbonyl (C=O) groups excluding carboxylic acids is 2. The molecule has 1 rings (SSSR count). The molecule has 0 saturated heterocycles. The van der Waals surface area contributed by atoms with E-state index in [0.29, 0.717) is 12.2 Å². The molecule has 0 unspecified atom stereocenters. The van der Waals surface area contributed by atoms with Crippen LogP contribution >= 0.6 is 0 Å². The second-order valence-electron chi connectivity index (χ2n) is 4.65. The highest BCUT2D eigenvalue weighted by Crippen LogP contribution is 2.33. The van der Waals surface area contributed by atoms with E-state index in [4.69, 9.17) is 0 Å². The third-order valence-corrected chi connectivity index (χ3v) is 3.45. The lowest BCUT2D eigenvalue weighted by molar-refractivity contribution is -0.135. The van der Waals surface area contributed by atoms with Gasteiger partial charge in [-0.25, -0.2) is 4.79 Å². The molecule has 3 heteroatoms. The number of carbonyl (C=O) groups is 2. The maximum absolute atomic E-state index is 11.7. The van der Waals surface area contributed by atoms with Crippen LogP contribution < -0.4 is 0 Å². The summed E-state index contributed by atoms with van der Waals surface area (Å²) < 4.78 is 4.56. The van der Waals surface area contributed by atoms with Crippen molar-refractivity contribution in [2.75, 3.05) is 7.11 Å². The van der Waals surface area contributed by atoms with E-state index in [1.807, 2.05) is 6.08 Å². The van der Waals surface area contributed by atoms with Crippen LogP contribution in [-0.4, -0.2) is 18.9 Å². The van der Waals surface area contributed by atoms with Gasteiger partial charge in [-0.15, -0.1) is 0 Å². The summed E-state index contributed by atoms with van der Waals surface area (Å²) in [5, 5.41) is 0. The first-order valence-corrected chi connectivity index (χ1v) is 6.48. The minimum absolute atomic E-state index is 0.127. The number of ketones is 1. The standard InChI is InChI=1S/C14H22O3/c1-3-4-5-6-12-11(7-9-13(12)15)8-10-14(16)17-2/h8,10-12H,3-7,9H2,1-2H3/b10-8+/t11-,12-/m1/s1. The minimum atomic E-state index is -0.336. The van der Waals surface area contributed by atoms with Crippen molar-refractivity contribution in [2.24, 2.45) is 11.8 Å². The van der Waals surface area contributed by atoms with Gasteiger partial charge in [0.15, 0.2) is 0 Å². The van der Waals surface area contributed by atoms with Crippen molar-refractivity contribution in [2.45, 2.75) is 45.4 Å². The highest BCUT2D eigenvalue weighted by molar-refractivity contribution is 5.85. The quantitative estimate of drug-likeness (QED) is 0.406. The molecule has 0 aromatic carbocycles. The Morgan fingerprint density at radius 2 is 2.24 bits per heavy atom. The topological polar surface area (TPSA) is 43.4 Å². The summed E-state index contributed by atoms with van der Waals surface area (Å²) in [5.41, 5.74) is 0. The zero-order chi connectivity index (χ0) is 12.7. The number of ether oxygens (including phenoxy) is 1. The average Bonchev–Trinajstić information content (AvgIpc) is 2.68. The minimum Gasteiger partial charge on any atom is -0.466 e. The van der Waals surface area contributed by atoms with Gasteiger partial charge >= 0.3 is 5.97 Å². The second-order valence-corrected chi connectivity index (χ2v) is 4.65. The van der Waals surface area contributed by atoms with Gasteiger partial charge in [0.1, 0.15) is 5.78 Å². The fourth-order valence-corrected chi connectivity index (χ4v) is 2.42. The summed E-state index contributed by atoms with van der Waals surface area (Å²) >= 11 is 0. The first kappa shape index (κ1) is 13.9. The number of unbranched alkanes of at least 4 members (excludes halogenated alkanes) is 2. The highest BCUT2D eigenvalue weighted by Gasteiger charge is 2.32. The number of hydrogen-bond acceptors (Lipinski definition) is 3. The van der Waals surface area contributed by atoms with Crippen LogP contribution in [0, 0.1) is 11.8 Å². The lowest BCUT2D eigenvalue weighted by Crippen LogP contribution is -2.13. The lowest BCUT2D eigenvalue weighted by atomic mass is 9.90. The van der Waals surface area contributed by atoms with Crippen molar-refractivity contribution < 1.29 is 14.3 Å². The molecule has 2 atom stereocenters. The average molecular weight is 238 g/mol. The number of allylic oxidation sites excluding steroid dienone is 1. The van der Waals surface area contributed by atoms with Gasteiger partial charge in [0, 0.05) is 18.4 Å². The van der Waals surface area contributed by atoms with Gasteiger partial charge in [-0.1, -0.05) is 32.3 Å². The van der Waals surface area contributed by atoms with E-state index in [1.165, 1.54) is 26.0 Å². The normalized spacial score (nSPS) is 24.5. The van der Waals surface area contributed by atoms with Gasteiger partial charge in [0.2, 0.25) is 0 Å². The zero-order valence-corrected chi connectivity index (χ0v) is 10.8. The monoisotopic (exact) mass is 238 g/mol. The molecule has 0 aromatic heterocycles. The largest absolute Gasteiger partial charge is 0.466 e. The Kier molecular flexibility index (Phi) is 5.95. The van der Waals surface area contributed by atoms with Crippen LogP contribution in [0.2, 0.25) is 0 Å². The van der Waals surface area contributed by atoms with Crippen LogP contribution in [0.25, 0.3) is 0 Å². The summed E-state index contributed by atoms with van der Waals surface area (Å²) in [7, 11) is 1.37. The van der Waals surface area contributed by atoms with Crippen LogP contribution in [0.3, 0.4) is 0 Å². The molecule has 0 aliphatic heterocycles.